The van der Waals surface area contributed by atoms with Crippen LogP contribution in [0.1, 0.15) is 11.1 Å². The van der Waals surface area contributed by atoms with Crippen molar-refractivity contribution in [2.45, 2.75) is 6.61 Å². The molecule has 0 aromatic heterocycles. The molecule has 0 aliphatic carbocycles. The molecule has 0 unspecified atom stereocenters. The second-order valence-corrected chi connectivity index (χ2v) is 11.3. The lowest BCUT2D eigenvalue weighted by Gasteiger charge is -2.15. The summed E-state index contributed by atoms with van der Waals surface area (Å²) < 4.78 is 12.4. The first kappa shape index (κ1) is 26.8. The molecule has 6 aromatic carbocycles. The zero-order valence-electron chi connectivity index (χ0n) is 23.2. The number of imide groups is 1. The molecule has 0 bridgehead atoms. The maximum absolute atomic E-state index is 13.5. The lowest BCUT2D eigenvalue weighted by Crippen LogP contribution is -2.32. The third-order valence-electron chi connectivity index (χ3n) is 7.66. The van der Waals surface area contributed by atoms with Gasteiger partial charge in [0.25, 0.3) is 11.1 Å². The van der Waals surface area contributed by atoms with Crippen molar-refractivity contribution >= 4 is 61.3 Å². The van der Waals surface area contributed by atoms with Crippen molar-refractivity contribution in [1.29, 1.82) is 0 Å². The molecule has 1 fully saturated rings. The summed E-state index contributed by atoms with van der Waals surface area (Å²) in [6.45, 7) is 0.728. The highest BCUT2D eigenvalue weighted by Crippen LogP contribution is 2.37. The van der Waals surface area contributed by atoms with E-state index in [-0.39, 0.29) is 24.3 Å². The van der Waals surface area contributed by atoms with Crippen molar-refractivity contribution in [3.05, 3.63) is 137 Å². The molecule has 1 saturated heterocycles. The fraction of sp³-hybridized carbons (Fsp3) is 0.0811. The molecule has 7 rings (SSSR count). The molecule has 6 heteroatoms. The molecule has 0 saturated carbocycles. The standard InChI is InChI=1S/C37H27NO4S/c39-36-35(43-37(40)38(36)21-22-41-33-18-8-13-26-10-3-6-17-31(26)33)23-32-30-16-5-2-11-27(30)19-20-34(32)42-24-28-14-7-12-25-9-1-4-15-29(25)28/h1-20,23H,21-22,24H2/b35-23-. The Kier molecular flexibility index (Phi) is 7.27. The van der Waals surface area contributed by atoms with Gasteiger partial charge in [-0.05, 0) is 62.5 Å². The zero-order chi connectivity index (χ0) is 29.2. The minimum absolute atomic E-state index is 0.158. The van der Waals surface area contributed by atoms with Gasteiger partial charge in [0.2, 0.25) is 0 Å². The van der Waals surface area contributed by atoms with Crippen molar-refractivity contribution in [2.75, 3.05) is 13.2 Å². The number of rotatable bonds is 8. The largest absolute Gasteiger partial charge is 0.491 e. The van der Waals surface area contributed by atoms with Crippen molar-refractivity contribution < 1.29 is 19.1 Å². The molecule has 5 nitrogen and oxygen atoms in total. The summed E-state index contributed by atoms with van der Waals surface area (Å²) in [5, 5.41) is 6.02. The van der Waals surface area contributed by atoms with E-state index in [1.54, 1.807) is 6.08 Å². The van der Waals surface area contributed by atoms with Crippen LogP contribution in [-0.2, 0) is 11.4 Å². The predicted molar refractivity (Wildman–Crippen MR) is 174 cm³/mol. The first-order valence-corrected chi connectivity index (χ1v) is 14.9. The van der Waals surface area contributed by atoms with Crippen LogP contribution >= 0.6 is 11.8 Å². The van der Waals surface area contributed by atoms with Crippen LogP contribution in [-0.4, -0.2) is 29.2 Å². The minimum Gasteiger partial charge on any atom is -0.491 e. The predicted octanol–water partition coefficient (Wildman–Crippen LogP) is 8.84. The van der Waals surface area contributed by atoms with E-state index >= 15 is 0 Å². The summed E-state index contributed by atoms with van der Waals surface area (Å²) in [5.41, 5.74) is 1.85. The van der Waals surface area contributed by atoms with E-state index in [1.807, 2.05) is 97.1 Å². The van der Waals surface area contributed by atoms with Crippen LogP contribution in [0.15, 0.2) is 126 Å². The highest BCUT2D eigenvalue weighted by molar-refractivity contribution is 8.18. The second kappa shape index (κ2) is 11.7. The molecular formula is C37H27NO4S. The maximum Gasteiger partial charge on any atom is 0.293 e. The average molecular weight is 582 g/mol. The van der Waals surface area contributed by atoms with Gasteiger partial charge in [-0.2, -0.15) is 0 Å². The van der Waals surface area contributed by atoms with Crippen LogP contribution in [0.3, 0.4) is 0 Å². The van der Waals surface area contributed by atoms with E-state index < -0.39 is 0 Å². The number of nitrogens with zero attached hydrogens (tertiary/aromatic N) is 1. The second-order valence-electron chi connectivity index (χ2n) is 10.3. The third kappa shape index (κ3) is 5.33. The Labute approximate surface area is 253 Å². The number of carbonyl (C=O) groups is 2. The summed E-state index contributed by atoms with van der Waals surface area (Å²) in [4.78, 5) is 28.0. The van der Waals surface area contributed by atoms with Gasteiger partial charge >= 0.3 is 0 Å². The fourth-order valence-electron chi connectivity index (χ4n) is 5.52. The number of amides is 2. The summed E-state index contributed by atoms with van der Waals surface area (Å²) >= 11 is 0.946. The van der Waals surface area contributed by atoms with E-state index in [4.69, 9.17) is 9.47 Å². The van der Waals surface area contributed by atoms with Crippen LogP contribution in [0.25, 0.3) is 38.4 Å². The smallest absolute Gasteiger partial charge is 0.293 e. The first-order valence-electron chi connectivity index (χ1n) is 14.1. The molecule has 0 N–H and O–H groups in total. The fourth-order valence-corrected chi connectivity index (χ4v) is 6.36. The molecule has 1 aliphatic rings. The van der Waals surface area contributed by atoms with Gasteiger partial charge in [0.1, 0.15) is 24.7 Å². The summed E-state index contributed by atoms with van der Waals surface area (Å²) in [6.07, 6.45) is 1.79. The average Bonchev–Trinajstić information content (AvgIpc) is 3.31. The number of carbonyl (C=O) groups excluding carboxylic acids is 2. The van der Waals surface area contributed by atoms with Crippen molar-refractivity contribution in [2.24, 2.45) is 0 Å². The van der Waals surface area contributed by atoms with Crippen molar-refractivity contribution in [3.8, 4) is 11.5 Å². The number of hydrogen-bond acceptors (Lipinski definition) is 5. The van der Waals surface area contributed by atoms with E-state index in [0.717, 1.165) is 61.0 Å². The van der Waals surface area contributed by atoms with Crippen LogP contribution in [0, 0.1) is 0 Å². The molecule has 2 amide bonds. The van der Waals surface area contributed by atoms with Gasteiger partial charge < -0.3 is 9.47 Å². The van der Waals surface area contributed by atoms with Crippen LogP contribution in [0.4, 0.5) is 4.79 Å². The van der Waals surface area contributed by atoms with Crippen molar-refractivity contribution in [3.63, 3.8) is 0 Å². The molecule has 0 radical (unpaired) electrons. The Morgan fingerprint density at radius 1 is 0.605 bits per heavy atom. The number of hydrogen-bond donors (Lipinski definition) is 0. The molecule has 43 heavy (non-hydrogen) atoms. The first-order chi connectivity index (χ1) is 21.2. The van der Waals surface area contributed by atoms with Crippen molar-refractivity contribution in [1.82, 2.24) is 4.90 Å². The Morgan fingerprint density at radius 2 is 1.23 bits per heavy atom. The molecule has 1 heterocycles. The Balaban J connectivity index is 1.14. The summed E-state index contributed by atoms with van der Waals surface area (Å²) in [5.74, 6) is 1.05. The summed E-state index contributed by atoms with van der Waals surface area (Å²) in [6, 6.07) is 40.2. The van der Waals surface area contributed by atoms with Gasteiger partial charge in [-0.3, -0.25) is 14.5 Å². The molecule has 210 valence electrons. The van der Waals surface area contributed by atoms with Crippen LogP contribution in [0.2, 0.25) is 0 Å². The zero-order valence-corrected chi connectivity index (χ0v) is 24.1. The number of ether oxygens (including phenoxy) is 2. The summed E-state index contributed by atoms with van der Waals surface area (Å²) in [7, 11) is 0. The van der Waals surface area contributed by atoms with Gasteiger partial charge in [-0.1, -0.05) is 109 Å². The van der Waals surface area contributed by atoms with Crippen LogP contribution in [0.5, 0.6) is 11.5 Å². The number of benzene rings is 6. The Morgan fingerprint density at radius 3 is 2.02 bits per heavy atom. The normalized spacial score (nSPS) is 14.3. The number of fused-ring (bicyclic) bond motifs is 3. The number of thioether (sulfide) groups is 1. The highest BCUT2D eigenvalue weighted by atomic mass is 32.2. The van der Waals surface area contributed by atoms with Gasteiger partial charge in [0.05, 0.1) is 11.4 Å². The SMILES string of the molecule is O=C1S/C(=C\c2c(OCc3cccc4ccccc34)ccc3ccccc23)C(=O)N1CCOc1cccc2ccccc12. The monoisotopic (exact) mass is 581 g/mol. The van der Waals surface area contributed by atoms with Gasteiger partial charge in [0, 0.05) is 10.9 Å². The molecular weight excluding hydrogens is 554 g/mol. The Bertz CT molecular complexity index is 2040. The Hall–Kier alpha value is -5.07. The lowest BCUT2D eigenvalue weighted by atomic mass is 10.0. The molecule has 6 aromatic rings. The third-order valence-corrected chi connectivity index (χ3v) is 8.57. The lowest BCUT2D eigenvalue weighted by molar-refractivity contribution is -0.123. The maximum atomic E-state index is 13.5. The molecule has 0 atom stereocenters. The molecule has 0 spiro atoms. The van der Waals surface area contributed by atoms with E-state index in [9.17, 15) is 9.59 Å². The van der Waals surface area contributed by atoms with Gasteiger partial charge in [-0.15, -0.1) is 0 Å². The van der Waals surface area contributed by atoms with Gasteiger partial charge in [0.15, 0.2) is 0 Å². The van der Waals surface area contributed by atoms with E-state index in [1.165, 1.54) is 4.90 Å². The quantitative estimate of drug-likeness (QED) is 0.168. The highest BCUT2D eigenvalue weighted by Gasteiger charge is 2.35. The topological polar surface area (TPSA) is 55.8 Å². The van der Waals surface area contributed by atoms with Crippen LogP contribution < -0.4 is 9.47 Å². The van der Waals surface area contributed by atoms with E-state index in [2.05, 4.69) is 24.3 Å². The minimum atomic E-state index is -0.329. The molecule has 1 aliphatic heterocycles. The van der Waals surface area contributed by atoms with E-state index in [0.29, 0.717) is 17.3 Å². The van der Waals surface area contributed by atoms with Gasteiger partial charge in [-0.25, -0.2) is 0 Å².